The summed E-state index contributed by atoms with van der Waals surface area (Å²) in [5, 5.41) is 2.65. The molecule has 1 N–H and O–H groups in total. The first kappa shape index (κ1) is 21.1. The maximum atomic E-state index is 12.8. The number of oxazole rings is 1. The van der Waals surface area contributed by atoms with Gasteiger partial charge in [0.1, 0.15) is 6.26 Å². The van der Waals surface area contributed by atoms with E-state index in [1.807, 2.05) is 0 Å². The summed E-state index contributed by atoms with van der Waals surface area (Å²) < 4.78 is 48.2. The smallest absolute Gasteiger partial charge is 0.416 e. The highest BCUT2D eigenvalue weighted by molar-refractivity contribution is 5.95. The second kappa shape index (κ2) is 8.81. The number of hydrogen-bond donors (Lipinski definition) is 1. The Morgan fingerprint density at radius 1 is 1.10 bits per heavy atom. The van der Waals surface area contributed by atoms with Gasteiger partial charge < -0.3 is 14.5 Å². The third-order valence-corrected chi connectivity index (χ3v) is 4.36. The van der Waals surface area contributed by atoms with Gasteiger partial charge in [-0.2, -0.15) is 13.2 Å². The molecule has 0 spiro atoms. The van der Waals surface area contributed by atoms with Crippen molar-refractivity contribution in [1.29, 1.82) is 0 Å². The molecule has 6 nitrogen and oxygen atoms in total. The summed E-state index contributed by atoms with van der Waals surface area (Å²) in [7, 11) is 1.15. The predicted molar refractivity (Wildman–Crippen MR) is 101 cm³/mol. The van der Waals surface area contributed by atoms with Gasteiger partial charge in [0.05, 0.1) is 24.8 Å². The second-order valence-corrected chi connectivity index (χ2v) is 6.36. The van der Waals surface area contributed by atoms with Crippen LogP contribution in [0.15, 0.2) is 65.4 Å². The van der Waals surface area contributed by atoms with Crippen molar-refractivity contribution < 1.29 is 31.9 Å². The number of nitrogens with one attached hydrogen (secondary N) is 1. The minimum Gasteiger partial charge on any atom is -0.469 e. The van der Waals surface area contributed by atoms with Gasteiger partial charge in [0.2, 0.25) is 11.8 Å². The number of ether oxygens (including phenoxy) is 1. The van der Waals surface area contributed by atoms with Crippen molar-refractivity contribution in [2.24, 2.45) is 0 Å². The summed E-state index contributed by atoms with van der Waals surface area (Å²) in [5.74, 6) is -1.82. The molecule has 9 heteroatoms. The molecule has 1 heterocycles. The van der Waals surface area contributed by atoms with Crippen molar-refractivity contribution in [3.63, 3.8) is 0 Å². The molecule has 1 unspecified atom stereocenters. The van der Waals surface area contributed by atoms with Gasteiger partial charge in [0.25, 0.3) is 0 Å². The van der Waals surface area contributed by atoms with Crippen molar-refractivity contribution >= 4 is 17.6 Å². The van der Waals surface area contributed by atoms with E-state index in [0.29, 0.717) is 11.6 Å². The van der Waals surface area contributed by atoms with Crippen molar-refractivity contribution in [3.8, 4) is 11.5 Å². The number of carbonyl (C=O) groups excluding carboxylic acids is 2. The molecule has 0 fully saturated rings. The van der Waals surface area contributed by atoms with Gasteiger partial charge in [0.15, 0.2) is 0 Å². The Morgan fingerprint density at radius 3 is 2.30 bits per heavy atom. The van der Waals surface area contributed by atoms with Crippen LogP contribution < -0.4 is 5.32 Å². The Hall–Kier alpha value is -3.62. The molecule has 2 aromatic carbocycles. The molecular formula is C21H17F3N2O4. The third-order valence-electron chi connectivity index (χ3n) is 4.36. The van der Waals surface area contributed by atoms with Gasteiger partial charge in [-0.15, -0.1) is 0 Å². The van der Waals surface area contributed by atoms with Gasteiger partial charge in [-0.3, -0.25) is 9.59 Å². The number of halogens is 3. The quantitative estimate of drug-likeness (QED) is 0.590. The van der Waals surface area contributed by atoms with Gasteiger partial charge in [0, 0.05) is 17.7 Å². The van der Waals surface area contributed by atoms with Crippen molar-refractivity contribution in [2.75, 3.05) is 12.4 Å². The Morgan fingerprint density at radius 2 is 1.77 bits per heavy atom. The predicted octanol–water partition coefficient (Wildman–Crippen LogP) is 4.65. The Balaban J connectivity index is 1.70. The number of rotatable bonds is 6. The van der Waals surface area contributed by atoms with Crippen LogP contribution in [0, 0.1) is 0 Å². The number of amides is 1. The lowest BCUT2D eigenvalue weighted by molar-refractivity contribution is -0.143. The molecule has 0 saturated heterocycles. The van der Waals surface area contributed by atoms with Crippen molar-refractivity contribution in [3.05, 3.63) is 72.1 Å². The monoisotopic (exact) mass is 418 g/mol. The average Bonchev–Trinajstić information content (AvgIpc) is 3.26. The summed E-state index contributed by atoms with van der Waals surface area (Å²) in [5.41, 5.74) is 0.608. The molecule has 1 atom stereocenters. The summed E-state index contributed by atoms with van der Waals surface area (Å²) in [6.45, 7) is 0. The molecule has 1 aromatic heterocycles. The fourth-order valence-corrected chi connectivity index (χ4v) is 2.84. The van der Waals surface area contributed by atoms with Crippen molar-refractivity contribution in [1.82, 2.24) is 4.98 Å². The molecule has 1 amide bonds. The van der Waals surface area contributed by atoms with E-state index in [1.165, 1.54) is 24.6 Å². The Bertz CT molecular complexity index is 998. The summed E-state index contributed by atoms with van der Waals surface area (Å²) in [4.78, 5) is 28.6. The SMILES string of the molecule is COC(=O)C(CC(=O)Nc1ccc(-c2ncco2)cc1)c1ccc(C(F)(F)F)cc1. The largest absolute Gasteiger partial charge is 0.469 e. The van der Waals surface area contributed by atoms with Crippen LogP contribution >= 0.6 is 0 Å². The molecule has 3 aromatic rings. The number of anilines is 1. The highest BCUT2D eigenvalue weighted by atomic mass is 19.4. The molecule has 0 aliphatic heterocycles. The minimum atomic E-state index is -4.49. The average molecular weight is 418 g/mol. The van der Waals surface area contributed by atoms with Crippen LogP contribution in [0.4, 0.5) is 18.9 Å². The number of benzene rings is 2. The molecule has 0 radical (unpaired) electrons. The summed E-state index contributed by atoms with van der Waals surface area (Å²) in [6, 6.07) is 10.8. The number of nitrogens with zero attached hydrogens (tertiary/aromatic N) is 1. The highest BCUT2D eigenvalue weighted by Crippen LogP contribution is 2.31. The van der Waals surface area contributed by atoms with E-state index in [1.54, 1.807) is 24.3 Å². The standard InChI is InChI=1S/C21H17F3N2O4/c1-29-20(28)17(13-2-6-15(7-3-13)21(22,23)24)12-18(27)26-16-8-4-14(5-9-16)19-25-10-11-30-19/h2-11,17H,12H2,1H3,(H,26,27). The van der Waals surface area contributed by atoms with Crippen molar-refractivity contribution in [2.45, 2.75) is 18.5 Å². The lowest BCUT2D eigenvalue weighted by atomic mass is 9.94. The summed E-state index contributed by atoms with van der Waals surface area (Å²) >= 11 is 0. The number of hydrogen-bond acceptors (Lipinski definition) is 5. The van der Waals surface area contributed by atoms with E-state index in [-0.39, 0.29) is 12.0 Å². The van der Waals surface area contributed by atoms with Gasteiger partial charge in [-0.25, -0.2) is 4.98 Å². The van der Waals surface area contributed by atoms with E-state index in [2.05, 4.69) is 10.3 Å². The topological polar surface area (TPSA) is 81.4 Å². The van der Waals surface area contributed by atoms with Gasteiger partial charge in [-0.1, -0.05) is 12.1 Å². The van der Waals surface area contributed by atoms with Gasteiger partial charge >= 0.3 is 12.1 Å². The first-order valence-electron chi connectivity index (χ1n) is 8.82. The number of esters is 1. The van der Waals surface area contributed by atoms with E-state index in [0.717, 1.165) is 24.8 Å². The maximum absolute atomic E-state index is 12.8. The molecule has 30 heavy (non-hydrogen) atoms. The zero-order valence-electron chi connectivity index (χ0n) is 15.8. The molecule has 3 rings (SSSR count). The van der Waals surface area contributed by atoms with E-state index >= 15 is 0 Å². The second-order valence-electron chi connectivity index (χ2n) is 6.36. The van der Waals surface area contributed by atoms with Crippen LogP contribution in [-0.4, -0.2) is 24.0 Å². The first-order chi connectivity index (χ1) is 14.3. The number of carbonyl (C=O) groups is 2. The molecule has 156 valence electrons. The normalized spacial score (nSPS) is 12.3. The Kier molecular flexibility index (Phi) is 6.20. The highest BCUT2D eigenvalue weighted by Gasteiger charge is 2.31. The van der Waals surface area contributed by atoms with E-state index in [4.69, 9.17) is 9.15 Å². The number of alkyl halides is 3. The Labute approximate surface area is 169 Å². The molecular weight excluding hydrogens is 401 g/mol. The van der Waals surface area contributed by atoms with Crippen LogP contribution in [0.25, 0.3) is 11.5 Å². The third kappa shape index (κ3) is 5.05. The first-order valence-corrected chi connectivity index (χ1v) is 8.82. The zero-order chi connectivity index (χ0) is 21.7. The van der Waals surface area contributed by atoms with Crippen LogP contribution in [0.5, 0.6) is 0 Å². The molecule has 0 bridgehead atoms. The zero-order valence-corrected chi connectivity index (χ0v) is 15.8. The van der Waals surface area contributed by atoms with Crippen LogP contribution in [0.3, 0.4) is 0 Å². The summed E-state index contributed by atoms with van der Waals surface area (Å²) in [6.07, 6.45) is -1.83. The van der Waals surface area contributed by atoms with E-state index < -0.39 is 29.5 Å². The van der Waals surface area contributed by atoms with Crippen LogP contribution in [-0.2, 0) is 20.5 Å². The minimum absolute atomic E-state index is 0.254. The lowest BCUT2D eigenvalue weighted by Gasteiger charge is -2.16. The van der Waals surface area contributed by atoms with E-state index in [9.17, 15) is 22.8 Å². The lowest BCUT2D eigenvalue weighted by Crippen LogP contribution is -2.22. The maximum Gasteiger partial charge on any atom is 0.416 e. The molecule has 0 saturated carbocycles. The fourth-order valence-electron chi connectivity index (χ4n) is 2.84. The van der Waals surface area contributed by atoms with Gasteiger partial charge in [-0.05, 0) is 42.0 Å². The number of aromatic nitrogens is 1. The molecule has 0 aliphatic rings. The number of methoxy groups -OCH3 is 1. The van der Waals surface area contributed by atoms with Crippen LogP contribution in [0.2, 0.25) is 0 Å². The van der Waals surface area contributed by atoms with Crippen LogP contribution in [0.1, 0.15) is 23.5 Å². The fraction of sp³-hybridized carbons (Fsp3) is 0.190. The molecule has 0 aliphatic carbocycles.